The van der Waals surface area contributed by atoms with E-state index in [2.05, 4.69) is 41.6 Å². The molecule has 1 amide bonds. The van der Waals surface area contributed by atoms with Gasteiger partial charge in [0.05, 0.1) is 0 Å². The van der Waals surface area contributed by atoms with Gasteiger partial charge in [0.1, 0.15) is 0 Å². The molecule has 0 aromatic carbocycles. The van der Waals surface area contributed by atoms with Gasteiger partial charge < -0.3 is 10.6 Å². The Labute approximate surface area is 119 Å². The maximum Gasteiger partial charge on any atom is 0.282 e. The highest BCUT2D eigenvalue weighted by molar-refractivity contribution is 7.17. The second-order valence-corrected chi connectivity index (χ2v) is 7.50. The van der Waals surface area contributed by atoms with Gasteiger partial charge in [0, 0.05) is 12.1 Å². The van der Waals surface area contributed by atoms with E-state index in [4.69, 9.17) is 0 Å². The van der Waals surface area contributed by atoms with Crippen molar-refractivity contribution >= 4 is 22.4 Å². The van der Waals surface area contributed by atoms with Gasteiger partial charge in [-0.05, 0) is 32.6 Å². The van der Waals surface area contributed by atoms with Crippen LogP contribution in [0.25, 0.3) is 0 Å². The Hall–Kier alpha value is -1.17. The molecule has 2 N–H and O–H groups in total. The first-order valence-electron chi connectivity index (χ1n) is 6.53. The summed E-state index contributed by atoms with van der Waals surface area (Å²) >= 11 is 1.28. The van der Waals surface area contributed by atoms with Gasteiger partial charge >= 0.3 is 0 Å². The lowest BCUT2D eigenvalue weighted by Crippen LogP contribution is -2.45. The third-order valence-corrected chi connectivity index (χ3v) is 3.25. The third-order valence-electron chi connectivity index (χ3n) is 2.37. The van der Waals surface area contributed by atoms with Crippen LogP contribution in [0.2, 0.25) is 0 Å². The normalized spacial score (nSPS) is 12.3. The zero-order chi connectivity index (χ0) is 14.7. The van der Waals surface area contributed by atoms with Crippen molar-refractivity contribution in [3.8, 4) is 0 Å². The summed E-state index contributed by atoms with van der Waals surface area (Å²) in [7, 11) is 0. The highest BCUT2D eigenvalue weighted by Gasteiger charge is 2.28. The molecule has 0 aliphatic heterocycles. The second kappa shape index (κ2) is 5.86. The Bertz CT molecular complexity index is 434. The zero-order valence-electron chi connectivity index (χ0n) is 12.6. The fourth-order valence-electron chi connectivity index (χ4n) is 2.27. The van der Waals surface area contributed by atoms with Crippen molar-refractivity contribution in [1.29, 1.82) is 0 Å². The summed E-state index contributed by atoms with van der Waals surface area (Å²) in [4.78, 5) is 12.1. The van der Waals surface area contributed by atoms with Crippen molar-refractivity contribution in [2.75, 3.05) is 11.9 Å². The molecule has 108 valence electrons. The number of anilines is 1. The summed E-state index contributed by atoms with van der Waals surface area (Å²) < 4.78 is 0. The molecule has 0 saturated heterocycles. The topological polar surface area (TPSA) is 66.9 Å². The number of nitrogens with zero attached hydrogens (tertiary/aromatic N) is 2. The van der Waals surface area contributed by atoms with Crippen LogP contribution in [0, 0.1) is 5.41 Å². The van der Waals surface area contributed by atoms with E-state index in [-0.39, 0.29) is 16.9 Å². The van der Waals surface area contributed by atoms with Crippen LogP contribution in [-0.2, 0) is 0 Å². The summed E-state index contributed by atoms with van der Waals surface area (Å²) in [5.41, 5.74) is -0.105. The zero-order valence-corrected chi connectivity index (χ0v) is 13.4. The van der Waals surface area contributed by atoms with Crippen molar-refractivity contribution in [1.82, 2.24) is 15.5 Å². The molecule has 6 heteroatoms. The highest BCUT2D eigenvalue weighted by atomic mass is 32.1. The molecule has 0 radical (unpaired) electrons. The van der Waals surface area contributed by atoms with E-state index in [9.17, 15) is 4.79 Å². The first-order chi connectivity index (χ1) is 8.63. The van der Waals surface area contributed by atoms with E-state index in [0.717, 1.165) is 13.0 Å². The molecule has 0 bridgehead atoms. The molecule has 0 fully saturated rings. The number of amides is 1. The van der Waals surface area contributed by atoms with Crippen molar-refractivity contribution in [2.45, 2.75) is 53.5 Å². The Kier molecular flexibility index (Phi) is 4.90. The van der Waals surface area contributed by atoms with Crippen molar-refractivity contribution in [3.63, 3.8) is 0 Å². The number of rotatable bonds is 5. The number of hydrogen-bond donors (Lipinski definition) is 2. The monoisotopic (exact) mass is 284 g/mol. The number of carbonyl (C=O) groups excluding carboxylic acids is 1. The number of nitrogens with one attached hydrogen (secondary N) is 2. The molecule has 1 heterocycles. The van der Waals surface area contributed by atoms with E-state index < -0.39 is 0 Å². The van der Waals surface area contributed by atoms with Crippen molar-refractivity contribution in [3.05, 3.63) is 5.01 Å². The van der Waals surface area contributed by atoms with Crippen LogP contribution in [0.5, 0.6) is 0 Å². The van der Waals surface area contributed by atoms with Gasteiger partial charge in [0.25, 0.3) is 5.91 Å². The van der Waals surface area contributed by atoms with Crippen LogP contribution in [0.3, 0.4) is 0 Å². The van der Waals surface area contributed by atoms with Crippen LogP contribution < -0.4 is 10.6 Å². The standard InChI is InChI=1S/C13H24N4OS/c1-7-14-11-17-16-10(19-11)9(18)15-13(5,6)8-12(2,3)4/h7-8H2,1-6H3,(H,14,17)(H,15,18). The summed E-state index contributed by atoms with van der Waals surface area (Å²) in [6.45, 7) is 13.3. The average molecular weight is 284 g/mol. The van der Waals surface area contributed by atoms with Gasteiger partial charge in [-0.15, -0.1) is 10.2 Å². The van der Waals surface area contributed by atoms with Gasteiger partial charge in [0.2, 0.25) is 10.1 Å². The minimum atomic E-state index is -0.265. The maximum atomic E-state index is 12.1. The first kappa shape index (κ1) is 15.9. The molecule has 0 aliphatic rings. The van der Waals surface area contributed by atoms with E-state index in [0.29, 0.717) is 10.1 Å². The van der Waals surface area contributed by atoms with E-state index >= 15 is 0 Å². The average Bonchev–Trinajstić information content (AvgIpc) is 2.61. The molecular weight excluding hydrogens is 260 g/mol. The lowest BCUT2D eigenvalue weighted by Gasteiger charge is -2.32. The smallest absolute Gasteiger partial charge is 0.282 e. The van der Waals surface area contributed by atoms with Crippen molar-refractivity contribution in [2.24, 2.45) is 5.41 Å². The minimum absolute atomic E-state index is 0.157. The maximum absolute atomic E-state index is 12.1. The molecule has 0 saturated carbocycles. The van der Waals surface area contributed by atoms with Crippen LogP contribution in [-0.4, -0.2) is 28.2 Å². The Morgan fingerprint density at radius 1 is 1.21 bits per heavy atom. The number of carbonyl (C=O) groups is 1. The van der Waals surface area contributed by atoms with Gasteiger partial charge in [-0.2, -0.15) is 0 Å². The Morgan fingerprint density at radius 2 is 1.84 bits per heavy atom. The fourth-order valence-corrected chi connectivity index (χ4v) is 2.98. The Morgan fingerprint density at radius 3 is 2.37 bits per heavy atom. The SMILES string of the molecule is CCNc1nnc(C(=O)NC(C)(C)CC(C)(C)C)s1. The van der Waals surface area contributed by atoms with Crippen LogP contribution in [0.15, 0.2) is 0 Å². The minimum Gasteiger partial charge on any atom is -0.360 e. The molecule has 1 aromatic rings. The molecule has 1 rings (SSSR count). The lowest BCUT2D eigenvalue weighted by atomic mass is 9.82. The molecular formula is C13H24N4OS. The molecule has 1 aromatic heterocycles. The summed E-state index contributed by atoms with van der Waals surface area (Å²) in [6.07, 6.45) is 0.893. The first-order valence-corrected chi connectivity index (χ1v) is 7.34. The largest absolute Gasteiger partial charge is 0.360 e. The number of aromatic nitrogens is 2. The van der Waals surface area contributed by atoms with Gasteiger partial charge in [-0.1, -0.05) is 32.1 Å². The molecule has 19 heavy (non-hydrogen) atoms. The van der Waals surface area contributed by atoms with Gasteiger partial charge in [0.15, 0.2) is 0 Å². The summed E-state index contributed by atoms with van der Waals surface area (Å²) in [5.74, 6) is -0.157. The van der Waals surface area contributed by atoms with E-state index in [1.165, 1.54) is 11.3 Å². The third kappa shape index (κ3) is 5.55. The second-order valence-electron chi connectivity index (χ2n) is 6.52. The molecule has 0 spiro atoms. The number of hydrogen-bond acceptors (Lipinski definition) is 5. The molecule has 0 unspecified atom stereocenters. The lowest BCUT2D eigenvalue weighted by molar-refractivity contribution is 0.0890. The molecule has 5 nitrogen and oxygen atoms in total. The Balaban J connectivity index is 2.67. The predicted octanol–water partition coefficient (Wildman–Crippen LogP) is 2.91. The van der Waals surface area contributed by atoms with Gasteiger partial charge in [-0.25, -0.2) is 0 Å². The summed E-state index contributed by atoms with van der Waals surface area (Å²) in [5, 5.41) is 15.0. The quantitative estimate of drug-likeness (QED) is 0.872. The van der Waals surface area contributed by atoms with Crippen LogP contribution in [0.4, 0.5) is 5.13 Å². The molecule has 0 atom stereocenters. The van der Waals surface area contributed by atoms with Gasteiger partial charge in [-0.3, -0.25) is 4.79 Å². The highest BCUT2D eigenvalue weighted by Crippen LogP contribution is 2.27. The fraction of sp³-hybridized carbons (Fsp3) is 0.769. The van der Waals surface area contributed by atoms with Crippen molar-refractivity contribution < 1.29 is 4.79 Å². The predicted molar refractivity (Wildman–Crippen MR) is 79.7 cm³/mol. The van der Waals surface area contributed by atoms with E-state index in [1.807, 2.05) is 20.8 Å². The van der Waals surface area contributed by atoms with E-state index in [1.54, 1.807) is 0 Å². The van der Waals surface area contributed by atoms with Crippen LogP contribution >= 0.6 is 11.3 Å². The molecule has 0 aliphatic carbocycles. The summed E-state index contributed by atoms with van der Waals surface area (Å²) in [6, 6.07) is 0. The van der Waals surface area contributed by atoms with Crippen LogP contribution in [0.1, 0.15) is 57.8 Å².